The van der Waals surface area contributed by atoms with Crippen molar-refractivity contribution >= 4 is 17.2 Å². The average molecular weight is 201 g/mol. The van der Waals surface area contributed by atoms with Gasteiger partial charge in [0.15, 0.2) is 0 Å². The van der Waals surface area contributed by atoms with E-state index in [0.717, 1.165) is 0 Å². The van der Waals surface area contributed by atoms with Gasteiger partial charge in [-0.1, -0.05) is 4.89 Å². The SMILES string of the molecule is O=C(ONS(=O)[O-])c1cccnc1. The number of aromatic nitrogens is 1. The number of rotatable bonds is 3. The zero-order chi connectivity index (χ0) is 9.68. The van der Waals surface area contributed by atoms with Crippen molar-refractivity contribution in [2.24, 2.45) is 0 Å². The van der Waals surface area contributed by atoms with Crippen LogP contribution in [0.3, 0.4) is 0 Å². The molecular formula is C6H5N2O4S-. The fourth-order valence-corrected chi connectivity index (χ4v) is 0.758. The summed E-state index contributed by atoms with van der Waals surface area (Å²) in [5, 5.41) is 0. The van der Waals surface area contributed by atoms with Crippen LogP contribution in [0.1, 0.15) is 10.4 Å². The standard InChI is InChI=1S/C6H6N2O4S/c9-6(12-8-13(10)11)5-2-1-3-7-4-5/h1-4,8H,(H,10,11)/p-1. The number of pyridine rings is 1. The summed E-state index contributed by atoms with van der Waals surface area (Å²) in [5.41, 5.74) is 0.167. The highest BCUT2D eigenvalue weighted by atomic mass is 32.2. The molecule has 1 aromatic rings. The molecule has 6 nitrogen and oxygen atoms in total. The van der Waals surface area contributed by atoms with E-state index < -0.39 is 17.2 Å². The Bertz CT molecular complexity index is 316. The van der Waals surface area contributed by atoms with Crippen LogP contribution in [0.15, 0.2) is 24.5 Å². The molecule has 0 bridgehead atoms. The van der Waals surface area contributed by atoms with Gasteiger partial charge in [0.25, 0.3) is 0 Å². The fraction of sp³-hybridized carbons (Fsp3) is 0. The lowest BCUT2D eigenvalue weighted by Crippen LogP contribution is -2.21. The van der Waals surface area contributed by atoms with Crippen LogP contribution >= 0.6 is 0 Å². The second-order valence-corrected chi connectivity index (χ2v) is 2.59. The summed E-state index contributed by atoms with van der Waals surface area (Å²) in [6, 6.07) is 2.98. The molecule has 1 aromatic heterocycles. The van der Waals surface area contributed by atoms with Crippen LogP contribution in [0, 0.1) is 0 Å². The molecule has 0 aliphatic heterocycles. The molecule has 70 valence electrons. The zero-order valence-electron chi connectivity index (χ0n) is 6.30. The summed E-state index contributed by atoms with van der Waals surface area (Å²) < 4.78 is 19.9. The monoisotopic (exact) mass is 201 g/mol. The summed E-state index contributed by atoms with van der Waals surface area (Å²) in [4.78, 5) is 20.2. The molecule has 0 aliphatic carbocycles. The lowest BCUT2D eigenvalue weighted by atomic mass is 10.3. The van der Waals surface area contributed by atoms with E-state index in [1.54, 1.807) is 0 Å². The molecule has 7 heteroatoms. The van der Waals surface area contributed by atoms with Crippen LogP contribution in [0.25, 0.3) is 0 Å². The van der Waals surface area contributed by atoms with Gasteiger partial charge in [-0.2, -0.15) is 0 Å². The lowest BCUT2D eigenvalue weighted by molar-refractivity contribution is 0.0403. The van der Waals surface area contributed by atoms with E-state index >= 15 is 0 Å². The van der Waals surface area contributed by atoms with Crippen molar-refractivity contribution in [1.82, 2.24) is 9.87 Å². The molecule has 0 saturated heterocycles. The molecule has 0 radical (unpaired) electrons. The van der Waals surface area contributed by atoms with Crippen LogP contribution in [0.5, 0.6) is 0 Å². The van der Waals surface area contributed by atoms with E-state index in [9.17, 15) is 13.6 Å². The topological polar surface area (TPSA) is 91.3 Å². The molecule has 0 aromatic carbocycles. The van der Waals surface area contributed by atoms with Crippen LogP contribution in [0.2, 0.25) is 0 Å². The number of hydrogen-bond acceptors (Lipinski definition) is 5. The van der Waals surface area contributed by atoms with Crippen molar-refractivity contribution in [1.29, 1.82) is 0 Å². The predicted octanol–water partition coefficient (Wildman–Crippen LogP) is -0.463. The number of hydrogen-bond donors (Lipinski definition) is 1. The maximum absolute atomic E-state index is 11.0. The van der Waals surface area contributed by atoms with Crippen LogP contribution in [0.4, 0.5) is 0 Å². The summed E-state index contributed by atoms with van der Waals surface area (Å²) in [7, 11) is 0. The van der Waals surface area contributed by atoms with Crippen molar-refractivity contribution in [2.45, 2.75) is 0 Å². The van der Waals surface area contributed by atoms with Crippen LogP contribution in [-0.2, 0) is 16.1 Å². The summed E-state index contributed by atoms with van der Waals surface area (Å²) in [6.07, 6.45) is 2.74. The molecule has 1 atom stereocenters. The molecule has 0 spiro atoms. The van der Waals surface area contributed by atoms with Gasteiger partial charge in [-0.05, 0) is 12.1 Å². The molecule has 0 amide bonds. The van der Waals surface area contributed by atoms with Crippen molar-refractivity contribution in [3.63, 3.8) is 0 Å². The first-order valence-corrected chi connectivity index (χ1v) is 4.24. The van der Waals surface area contributed by atoms with E-state index in [1.807, 2.05) is 0 Å². The van der Waals surface area contributed by atoms with Gasteiger partial charge in [0.1, 0.15) is 0 Å². The number of carbonyl (C=O) groups is 1. The highest BCUT2D eigenvalue weighted by Gasteiger charge is 2.05. The quantitative estimate of drug-likeness (QED) is 0.527. The predicted molar refractivity (Wildman–Crippen MR) is 41.7 cm³/mol. The van der Waals surface area contributed by atoms with Gasteiger partial charge in [-0.15, -0.1) is 0 Å². The summed E-state index contributed by atoms with van der Waals surface area (Å²) in [6.45, 7) is 0. The fourth-order valence-electron chi connectivity index (χ4n) is 0.614. The first kappa shape index (κ1) is 9.78. The van der Waals surface area contributed by atoms with Crippen molar-refractivity contribution in [3.8, 4) is 0 Å². The number of carbonyl (C=O) groups excluding carboxylic acids is 1. The maximum Gasteiger partial charge on any atom is 0.359 e. The summed E-state index contributed by atoms with van der Waals surface area (Å²) >= 11 is -2.62. The summed E-state index contributed by atoms with van der Waals surface area (Å²) in [5.74, 6) is -0.808. The van der Waals surface area contributed by atoms with Gasteiger partial charge in [0, 0.05) is 12.4 Å². The lowest BCUT2D eigenvalue weighted by Gasteiger charge is -2.06. The Hall–Kier alpha value is -1.31. The molecule has 0 fully saturated rings. The third-order valence-corrected chi connectivity index (χ3v) is 1.32. The minimum Gasteiger partial charge on any atom is -0.758 e. The average Bonchev–Trinajstić information content (AvgIpc) is 2.15. The van der Waals surface area contributed by atoms with E-state index in [1.165, 1.54) is 29.4 Å². The number of nitrogens with zero attached hydrogens (tertiary/aromatic N) is 1. The van der Waals surface area contributed by atoms with E-state index in [2.05, 4.69) is 9.82 Å². The first-order chi connectivity index (χ1) is 6.20. The van der Waals surface area contributed by atoms with E-state index in [4.69, 9.17) is 0 Å². The molecule has 1 N–H and O–H groups in total. The first-order valence-electron chi connectivity index (χ1n) is 3.16. The second-order valence-electron chi connectivity index (χ2n) is 1.95. The van der Waals surface area contributed by atoms with Crippen molar-refractivity contribution in [2.75, 3.05) is 0 Å². The highest BCUT2D eigenvalue weighted by Crippen LogP contribution is 1.96. The van der Waals surface area contributed by atoms with Gasteiger partial charge in [0.2, 0.25) is 0 Å². The molecule has 0 aliphatic rings. The molecular weight excluding hydrogens is 196 g/mol. The Morgan fingerprint density at radius 1 is 1.69 bits per heavy atom. The molecule has 1 heterocycles. The maximum atomic E-state index is 11.0. The van der Waals surface area contributed by atoms with E-state index in [0.29, 0.717) is 0 Å². The van der Waals surface area contributed by atoms with Crippen molar-refractivity contribution in [3.05, 3.63) is 30.1 Å². The Kier molecular flexibility index (Phi) is 3.50. The Labute approximate surface area is 76.3 Å². The molecule has 13 heavy (non-hydrogen) atoms. The van der Waals surface area contributed by atoms with E-state index in [-0.39, 0.29) is 5.56 Å². The zero-order valence-corrected chi connectivity index (χ0v) is 7.11. The second kappa shape index (κ2) is 4.65. The molecule has 1 unspecified atom stereocenters. The smallest absolute Gasteiger partial charge is 0.359 e. The minimum atomic E-state index is -2.62. The Morgan fingerprint density at radius 3 is 3.00 bits per heavy atom. The van der Waals surface area contributed by atoms with Gasteiger partial charge in [-0.25, -0.2) is 4.79 Å². The van der Waals surface area contributed by atoms with Crippen molar-refractivity contribution < 1.29 is 18.4 Å². The third-order valence-electron chi connectivity index (χ3n) is 1.10. The van der Waals surface area contributed by atoms with Crippen LogP contribution < -0.4 is 4.89 Å². The molecule has 0 saturated carbocycles. The molecule has 1 rings (SSSR count). The normalized spacial score (nSPS) is 12.1. The van der Waals surface area contributed by atoms with Gasteiger partial charge >= 0.3 is 5.97 Å². The third kappa shape index (κ3) is 3.28. The highest BCUT2D eigenvalue weighted by molar-refractivity contribution is 7.76. The Balaban J connectivity index is 2.54. The van der Waals surface area contributed by atoms with Gasteiger partial charge in [-0.3, -0.25) is 9.19 Å². The van der Waals surface area contributed by atoms with Crippen LogP contribution in [-0.4, -0.2) is 19.7 Å². The Morgan fingerprint density at radius 2 is 2.46 bits per heavy atom. The number of nitrogens with one attached hydrogen (secondary N) is 1. The minimum absolute atomic E-state index is 0.167. The largest absolute Gasteiger partial charge is 0.758 e. The van der Waals surface area contributed by atoms with Gasteiger partial charge in [0.05, 0.1) is 16.8 Å². The van der Waals surface area contributed by atoms with Gasteiger partial charge < -0.3 is 9.39 Å².